The molecule has 0 aromatic heterocycles. The van der Waals surface area contributed by atoms with E-state index in [0.29, 0.717) is 28.6 Å². The standard InChI is InChI=1S/C15H14ClFN2OS/c16-10-4-5-14(13(18)8-10)19-15(20)6-7-21-12-3-1-2-11(17)9-12/h1-5,8-9H,6-7,18H2,(H,19,20). The second kappa shape index (κ2) is 7.33. The Hall–Kier alpha value is -1.72. The predicted molar refractivity (Wildman–Crippen MR) is 86.2 cm³/mol. The third-order valence-corrected chi connectivity index (χ3v) is 3.91. The van der Waals surface area contributed by atoms with Crippen LogP contribution in [-0.2, 0) is 4.79 Å². The molecule has 0 aliphatic heterocycles. The highest BCUT2D eigenvalue weighted by Crippen LogP contribution is 2.23. The Morgan fingerprint density at radius 3 is 2.81 bits per heavy atom. The second-order valence-electron chi connectivity index (χ2n) is 4.34. The Kier molecular flexibility index (Phi) is 5.47. The molecule has 21 heavy (non-hydrogen) atoms. The van der Waals surface area contributed by atoms with Gasteiger partial charge in [-0.1, -0.05) is 17.7 Å². The number of anilines is 2. The Morgan fingerprint density at radius 2 is 2.10 bits per heavy atom. The van der Waals surface area contributed by atoms with Gasteiger partial charge in [-0.15, -0.1) is 11.8 Å². The molecule has 0 atom stereocenters. The zero-order valence-electron chi connectivity index (χ0n) is 11.1. The second-order valence-corrected chi connectivity index (χ2v) is 5.94. The molecule has 0 unspecified atom stereocenters. The number of rotatable bonds is 5. The third kappa shape index (κ3) is 4.95. The molecule has 0 spiro atoms. The average Bonchev–Trinajstić information content (AvgIpc) is 2.42. The molecule has 0 saturated carbocycles. The molecule has 0 saturated heterocycles. The van der Waals surface area contributed by atoms with Crippen molar-refractivity contribution in [3.05, 3.63) is 53.3 Å². The summed E-state index contributed by atoms with van der Waals surface area (Å²) in [7, 11) is 0. The Morgan fingerprint density at radius 1 is 1.29 bits per heavy atom. The molecule has 1 amide bonds. The van der Waals surface area contributed by atoms with E-state index in [1.165, 1.54) is 23.9 Å². The van der Waals surface area contributed by atoms with E-state index >= 15 is 0 Å². The van der Waals surface area contributed by atoms with Crippen molar-refractivity contribution in [1.82, 2.24) is 0 Å². The molecule has 110 valence electrons. The van der Waals surface area contributed by atoms with Crippen LogP contribution in [-0.4, -0.2) is 11.7 Å². The molecular weight excluding hydrogens is 311 g/mol. The smallest absolute Gasteiger partial charge is 0.225 e. The van der Waals surface area contributed by atoms with Gasteiger partial charge in [0.05, 0.1) is 11.4 Å². The maximum Gasteiger partial charge on any atom is 0.225 e. The van der Waals surface area contributed by atoms with E-state index < -0.39 is 0 Å². The van der Waals surface area contributed by atoms with Gasteiger partial charge in [-0.3, -0.25) is 4.79 Å². The summed E-state index contributed by atoms with van der Waals surface area (Å²) < 4.78 is 13.0. The molecule has 2 aromatic rings. The maximum absolute atomic E-state index is 13.0. The van der Waals surface area contributed by atoms with Gasteiger partial charge in [0.1, 0.15) is 5.82 Å². The minimum Gasteiger partial charge on any atom is -0.397 e. The fraction of sp³-hybridized carbons (Fsp3) is 0.133. The van der Waals surface area contributed by atoms with Crippen LogP contribution in [0.3, 0.4) is 0 Å². The lowest BCUT2D eigenvalue weighted by molar-refractivity contribution is -0.115. The minimum absolute atomic E-state index is 0.145. The van der Waals surface area contributed by atoms with E-state index in [2.05, 4.69) is 5.32 Å². The first-order valence-corrected chi connectivity index (χ1v) is 7.64. The van der Waals surface area contributed by atoms with E-state index in [9.17, 15) is 9.18 Å². The zero-order valence-corrected chi connectivity index (χ0v) is 12.7. The van der Waals surface area contributed by atoms with Gasteiger partial charge in [0.25, 0.3) is 0 Å². The topological polar surface area (TPSA) is 55.1 Å². The number of halogens is 2. The number of carbonyl (C=O) groups excluding carboxylic acids is 1. The summed E-state index contributed by atoms with van der Waals surface area (Å²) in [6, 6.07) is 11.2. The van der Waals surface area contributed by atoms with Gasteiger partial charge in [-0.05, 0) is 36.4 Å². The monoisotopic (exact) mass is 324 g/mol. The quantitative estimate of drug-likeness (QED) is 0.640. The minimum atomic E-state index is -0.279. The largest absolute Gasteiger partial charge is 0.397 e. The van der Waals surface area contributed by atoms with Crippen molar-refractivity contribution < 1.29 is 9.18 Å². The number of amides is 1. The van der Waals surface area contributed by atoms with Crippen molar-refractivity contribution in [3.8, 4) is 0 Å². The van der Waals surface area contributed by atoms with Crippen LogP contribution in [0.4, 0.5) is 15.8 Å². The number of benzene rings is 2. The van der Waals surface area contributed by atoms with Crippen molar-refractivity contribution >= 4 is 40.6 Å². The normalized spacial score (nSPS) is 10.4. The third-order valence-electron chi connectivity index (χ3n) is 2.68. The molecule has 0 fully saturated rings. The number of hydrogen-bond donors (Lipinski definition) is 2. The van der Waals surface area contributed by atoms with Crippen LogP contribution in [0.1, 0.15) is 6.42 Å². The Bertz CT molecular complexity index is 651. The molecule has 0 aliphatic rings. The van der Waals surface area contributed by atoms with Crippen LogP contribution in [0.5, 0.6) is 0 Å². The molecule has 0 bridgehead atoms. The van der Waals surface area contributed by atoms with Gasteiger partial charge in [-0.25, -0.2) is 4.39 Å². The van der Waals surface area contributed by atoms with Crippen LogP contribution >= 0.6 is 23.4 Å². The van der Waals surface area contributed by atoms with Crippen LogP contribution < -0.4 is 11.1 Å². The Balaban J connectivity index is 1.82. The van der Waals surface area contributed by atoms with E-state index in [-0.39, 0.29) is 11.7 Å². The first-order valence-electron chi connectivity index (χ1n) is 6.28. The molecule has 2 rings (SSSR count). The summed E-state index contributed by atoms with van der Waals surface area (Å²) in [6.45, 7) is 0. The molecule has 2 aromatic carbocycles. The average molecular weight is 325 g/mol. The molecule has 0 aliphatic carbocycles. The highest BCUT2D eigenvalue weighted by atomic mass is 35.5. The fourth-order valence-corrected chi connectivity index (χ4v) is 2.75. The summed E-state index contributed by atoms with van der Waals surface area (Å²) in [5.41, 5.74) is 6.73. The van der Waals surface area contributed by atoms with Crippen LogP contribution in [0, 0.1) is 5.82 Å². The lowest BCUT2D eigenvalue weighted by atomic mass is 10.2. The molecule has 3 nitrogen and oxygen atoms in total. The van der Waals surface area contributed by atoms with Gasteiger partial charge in [0.2, 0.25) is 5.91 Å². The molecule has 3 N–H and O–H groups in total. The molecule has 0 radical (unpaired) electrons. The van der Waals surface area contributed by atoms with Crippen molar-refractivity contribution in [2.24, 2.45) is 0 Å². The van der Waals surface area contributed by atoms with Crippen molar-refractivity contribution in [2.75, 3.05) is 16.8 Å². The summed E-state index contributed by atoms with van der Waals surface area (Å²) in [4.78, 5) is 12.6. The number of nitrogens with one attached hydrogen (secondary N) is 1. The van der Waals surface area contributed by atoms with Crippen molar-refractivity contribution in [2.45, 2.75) is 11.3 Å². The summed E-state index contributed by atoms with van der Waals surface area (Å²) in [5.74, 6) is 0.134. The number of nitrogen functional groups attached to an aromatic ring is 1. The first kappa shape index (κ1) is 15.7. The number of carbonyl (C=O) groups is 1. The van der Waals surface area contributed by atoms with Crippen LogP contribution in [0.25, 0.3) is 0 Å². The number of thioether (sulfide) groups is 1. The summed E-state index contributed by atoms with van der Waals surface area (Å²) >= 11 is 7.22. The van der Waals surface area contributed by atoms with E-state index in [4.69, 9.17) is 17.3 Å². The van der Waals surface area contributed by atoms with Gasteiger partial charge < -0.3 is 11.1 Å². The van der Waals surface area contributed by atoms with Crippen molar-refractivity contribution in [3.63, 3.8) is 0 Å². The maximum atomic E-state index is 13.0. The molecule has 6 heteroatoms. The lowest BCUT2D eigenvalue weighted by Gasteiger charge is -2.08. The lowest BCUT2D eigenvalue weighted by Crippen LogP contribution is -2.13. The first-order chi connectivity index (χ1) is 10.0. The van der Waals surface area contributed by atoms with E-state index in [0.717, 1.165) is 4.90 Å². The van der Waals surface area contributed by atoms with Crippen LogP contribution in [0.2, 0.25) is 5.02 Å². The van der Waals surface area contributed by atoms with E-state index in [1.54, 1.807) is 24.3 Å². The van der Waals surface area contributed by atoms with Gasteiger partial charge in [0.15, 0.2) is 0 Å². The number of hydrogen-bond acceptors (Lipinski definition) is 3. The van der Waals surface area contributed by atoms with Gasteiger partial charge in [-0.2, -0.15) is 0 Å². The summed E-state index contributed by atoms with van der Waals surface area (Å²) in [6.07, 6.45) is 0.309. The highest BCUT2D eigenvalue weighted by Gasteiger charge is 2.06. The van der Waals surface area contributed by atoms with Gasteiger partial charge in [0, 0.05) is 22.1 Å². The van der Waals surface area contributed by atoms with Crippen molar-refractivity contribution in [1.29, 1.82) is 0 Å². The van der Waals surface area contributed by atoms with Gasteiger partial charge >= 0.3 is 0 Å². The summed E-state index contributed by atoms with van der Waals surface area (Å²) in [5, 5.41) is 3.25. The predicted octanol–water partition coefficient (Wildman–Crippen LogP) is 4.18. The number of nitrogens with two attached hydrogens (primary N) is 1. The highest BCUT2D eigenvalue weighted by molar-refractivity contribution is 7.99. The van der Waals surface area contributed by atoms with Crippen LogP contribution in [0.15, 0.2) is 47.4 Å². The Labute approximate surface area is 131 Å². The SMILES string of the molecule is Nc1cc(Cl)ccc1NC(=O)CCSc1cccc(F)c1. The molecule has 0 heterocycles. The fourth-order valence-electron chi connectivity index (χ4n) is 1.68. The zero-order chi connectivity index (χ0) is 15.2. The van der Waals surface area contributed by atoms with E-state index in [1.807, 2.05) is 6.07 Å². The molecular formula is C15H14ClFN2OS.